The molecule has 0 fully saturated rings. The van der Waals surface area contributed by atoms with E-state index in [0.29, 0.717) is 12.1 Å². The van der Waals surface area contributed by atoms with Crippen LogP contribution in [0.4, 0.5) is 8.78 Å². The molecule has 20 heavy (non-hydrogen) atoms. The van der Waals surface area contributed by atoms with Gasteiger partial charge in [0.2, 0.25) is 0 Å². The van der Waals surface area contributed by atoms with E-state index in [9.17, 15) is 8.78 Å². The van der Waals surface area contributed by atoms with Crippen LogP contribution >= 0.6 is 0 Å². The second-order valence-electron chi connectivity index (χ2n) is 4.83. The Morgan fingerprint density at radius 3 is 2.75 bits per heavy atom. The highest BCUT2D eigenvalue weighted by molar-refractivity contribution is 5.22. The summed E-state index contributed by atoms with van der Waals surface area (Å²) >= 11 is 0. The van der Waals surface area contributed by atoms with Gasteiger partial charge < -0.3 is 5.32 Å². The van der Waals surface area contributed by atoms with Crippen LogP contribution in [-0.4, -0.2) is 16.3 Å². The van der Waals surface area contributed by atoms with Crippen LogP contribution in [0.2, 0.25) is 0 Å². The second kappa shape index (κ2) is 6.61. The van der Waals surface area contributed by atoms with Gasteiger partial charge in [-0.15, -0.1) is 0 Å². The Bertz CT molecular complexity index is 566. The molecule has 3 nitrogen and oxygen atoms in total. The minimum atomic E-state index is -0.817. The molecule has 0 aliphatic rings. The Morgan fingerprint density at radius 1 is 1.30 bits per heavy atom. The molecule has 0 aliphatic carbocycles. The van der Waals surface area contributed by atoms with Gasteiger partial charge in [-0.2, -0.15) is 5.10 Å². The van der Waals surface area contributed by atoms with Gasteiger partial charge in [-0.1, -0.05) is 19.1 Å². The average Bonchev–Trinajstić information content (AvgIpc) is 2.83. The SMILES string of the molecule is CCCNC(Cn1ccc(C)n1)c1cccc(F)c1F. The van der Waals surface area contributed by atoms with Gasteiger partial charge in [-0.05, 0) is 32.0 Å². The van der Waals surface area contributed by atoms with Crippen LogP contribution < -0.4 is 5.32 Å². The van der Waals surface area contributed by atoms with E-state index < -0.39 is 11.6 Å². The van der Waals surface area contributed by atoms with Crippen LogP contribution in [0.1, 0.15) is 30.6 Å². The molecule has 0 saturated carbocycles. The Balaban J connectivity index is 2.24. The van der Waals surface area contributed by atoms with Gasteiger partial charge in [-0.3, -0.25) is 4.68 Å². The molecule has 0 bridgehead atoms. The van der Waals surface area contributed by atoms with Crippen LogP contribution in [0.5, 0.6) is 0 Å². The minimum absolute atomic E-state index is 0.301. The van der Waals surface area contributed by atoms with Gasteiger partial charge >= 0.3 is 0 Å². The third-order valence-corrected chi connectivity index (χ3v) is 3.14. The summed E-state index contributed by atoms with van der Waals surface area (Å²) in [6.45, 7) is 5.13. The highest BCUT2D eigenvalue weighted by Gasteiger charge is 2.18. The number of aryl methyl sites for hydroxylation is 1. The fourth-order valence-corrected chi connectivity index (χ4v) is 2.13. The lowest BCUT2D eigenvalue weighted by atomic mass is 10.1. The molecule has 108 valence electrons. The van der Waals surface area contributed by atoms with Gasteiger partial charge in [0.05, 0.1) is 18.3 Å². The lowest BCUT2D eigenvalue weighted by molar-refractivity contribution is 0.410. The molecule has 1 heterocycles. The predicted octanol–water partition coefficient (Wildman–Crippen LogP) is 3.21. The van der Waals surface area contributed by atoms with Crippen molar-refractivity contribution in [1.29, 1.82) is 0 Å². The fraction of sp³-hybridized carbons (Fsp3) is 0.400. The van der Waals surface area contributed by atoms with Gasteiger partial charge in [0.1, 0.15) is 0 Å². The van der Waals surface area contributed by atoms with Crippen molar-refractivity contribution in [2.45, 2.75) is 32.9 Å². The summed E-state index contributed by atoms with van der Waals surface area (Å²) in [6.07, 6.45) is 2.76. The zero-order chi connectivity index (χ0) is 14.5. The first-order valence-corrected chi connectivity index (χ1v) is 6.79. The number of aromatic nitrogens is 2. The van der Waals surface area contributed by atoms with Crippen LogP contribution in [0.25, 0.3) is 0 Å². The number of hydrogen-bond donors (Lipinski definition) is 1. The summed E-state index contributed by atoms with van der Waals surface area (Å²) in [6, 6.07) is 5.86. The summed E-state index contributed by atoms with van der Waals surface area (Å²) in [5, 5.41) is 7.54. The molecule has 0 radical (unpaired) electrons. The van der Waals surface area contributed by atoms with Crippen molar-refractivity contribution in [2.75, 3.05) is 6.54 Å². The number of nitrogens with zero attached hydrogens (tertiary/aromatic N) is 2. The summed E-state index contributed by atoms with van der Waals surface area (Å²) in [5.74, 6) is -1.60. The lowest BCUT2D eigenvalue weighted by Crippen LogP contribution is -2.27. The summed E-state index contributed by atoms with van der Waals surface area (Å²) in [4.78, 5) is 0. The number of benzene rings is 1. The van der Waals surface area contributed by atoms with Crippen molar-refractivity contribution in [2.24, 2.45) is 0 Å². The maximum atomic E-state index is 13.9. The van der Waals surface area contributed by atoms with Crippen molar-refractivity contribution >= 4 is 0 Å². The van der Waals surface area contributed by atoms with Gasteiger partial charge in [-0.25, -0.2) is 8.78 Å². The van der Waals surface area contributed by atoms with Crippen LogP contribution in [0.3, 0.4) is 0 Å². The Morgan fingerprint density at radius 2 is 2.10 bits per heavy atom. The number of rotatable bonds is 6. The molecule has 0 saturated heterocycles. The molecule has 0 amide bonds. The standard InChI is InChI=1S/C15H19F2N3/c1-3-8-18-14(10-20-9-7-11(2)19-20)12-5-4-6-13(16)15(12)17/h4-7,9,14,18H,3,8,10H2,1-2H3. The molecule has 2 aromatic rings. The summed E-state index contributed by atoms with van der Waals surface area (Å²) in [5.41, 5.74) is 1.24. The molecule has 0 aliphatic heterocycles. The normalized spacial score (nSPS) is 12.6. The average molecular weight is 279 g/mol. The van der Waals surface area contributed by atoms with E-state index in [1.807, 2.05) is 26.1 Å². The van der Waals surface area contributed by atoms with Crippen molar-refractivity contribution in [3.63, 3.8) is 0 Å². The van der Waals surface area contributed by atoms with Crippen LogP contribution in [-0.2, 0) is 6.54 Å². The molecule has 1 aromatic carbocycles. The molecule has 0 spiro atoms. The molecule has 1 atom stereocenters. The highest BCUT2D eigenvalue weighted by atomic mass is 19.2. The maximum Gasteiger partial charge on any atom is 0.163 e. The quantitative estimate of drug-likeness (QED) is 0.880. The lowest BCUT2D eigenvalue weighted by Gasteiger charge is -2.20. The maximum absolute atomic E-state index is 13.9. The van der Waals surface area contributed by atoms with E-state index in [4.69, 9.17) is 0 Å². The van der Waals surface area contributed by atoms with Crippen molar-refractivity contribution in [3.8, 4) is 0 Å². The Kier molecular flexibility index (Phi) is 4.84. The monoisotopic (exact) mass is 279 g/mol. The second-order valence-corrected chi connectivity index (χ2v) is 4.83. The number of hydrogen-bond acceptors (Lipinski definition) is 2. The van der Waals surface area contributed by atoms with E-state index in [0.717, 1.165) is 24.7 Å². The summed E-state index contributed by atoms with van der Waals surface area (Å²) < 4.78 is 29.1. The van der Waals surface area contributed by atoms with Crippen molar-refractivity contribution < 1.29 is 8.78 Å². The Hall–Kier alpha value is -1.75. The van der Waals surface area contributed by atoms with E-state index in [1.165, 1.54) is 6.07 Å². The summed E-state index contributed by atoms with van der Waals surface area (Å²) in [7, 11) is 0. The molecular formula is C15H19F2N3. The number of nitrogens with one attached hydrogen (secondary N) is 1. The first-order valence-electron chi connectivity index (χ1n) is 6.79. The van der Waals surface area contributed by atoms with Crippen LogP contribution in [0, 0.1) is 18.6 Å². The molecular weight excluding hydrogens is 260 g/mol. The third kappa shape index (κ3) is 3.42. The molecule has 1 aromatic heterocycles. The zero-order valence-corrected chi connectivity index (χ0v) is 11.7. The van der Waals surface area contributed by atoms with E-state index in [1.54, 1.807) is 10.7 Å². The number of halogens is 2. The van der Waals surface area contributed by atoms with Crippen molar-refractivity contribution in [3.05, 3.63) is 53.4 Å². The van der Waals surface area contributed by atoms with Gasteiger partial charge in [0.25, 0.3) is 0 Å². The zero-order valence-electron chi connectivity index (χ0n) is 11.7. The van der Waals surface area contributed by atoms with Gasteiger partial charge in [0.15, 0.2) is 11.6 Å². The highest BCUT2D eigenvalue weighted by Crippen LogP contribution is 2.21. The molecule has 1 N–H and O–H groups in total. The molecule has 2 rings (SSSR count). The van der Waals surface area contributed by atoms with Gasteiger partial charge in [0, 0.05) is 11.8 Å². The first kappa shape index (κ1) is 14.7. The smallest absolute Gasteiger partial charge is 0.163 e. The van der Waals surface area contributed by atoms with Crippen LogP contribution in [0.15, 0.2) is 30.5 Å². The van der Waals surface area contributed by atoms with E-state index in [2.05, 4.69) is 10.4 Å². The van der Waals surface area contributed by atoms with Crippen molar-refractivity contribution in [1.82, 2.24) is 15.1 Å². The molecule has 1 unspecified atom stereocenters. The molecule has 5 heteroatoms. The van der Waals surface area contributed by atoms with E-state index >= 15 is 0 Å². The Labute approximate surface area is 117 Å². The third-order valence-electron chi connectivity index (χ3n) is 3.14. The minimum Gasteiger partial charge on any atom is -0.308 e. The topological polar surface area (TPSA) is 29.9 Å². The fourth-order valence-electron chi connectivity index (χ4n) is 2.13. The predicted molar refractivity (Wildman–Crippen MR) is 74.4 cm³/mol. The van der Waals surface area contributed by atoms with E-state index in [-0.39, 0.29) is 6.04 Å². The largest absolute Gasteiger partial charge is 0.308 e. The first-order chi connectivity index (χ1) is 9.61.